The summed E-state index contributed by atoms with van der Waals surface area (Å²) in [5.74, 6) is 0. The van der Waals surface area contributed by atoms with Gasteiger partial charge >= 0.3 is 6.03 Å². The van der Waals surface area contributed by atoms with Crippen molar-refractivity contribution in [1.82, 2.24) is 14.7 Å². The first kappa shape index (κ1) is 17.0. The van der Waals surface area contributed by atoms with Crippen LogP contribution in [0.2, 0.25) is 0 Å². The van der Waals surface area contributed by atoms with E-state index in [0.717, 1.165) is 40.0 Å². The maximum Gasteiger partial charge on any atom is 0.321 e. The van der Waals surface area contributed by atoms with Crippen LogP contribution >= 0.6 is 0 Å². The maximum absolute atomic E-state index is 12.6. The second-order valence-electron chi connectivity index (χ2n) is 6.28. The number of nitrogens with one attached hydrogen (secondary N) is 1. The second-order valence-corrected chi connectivity index (χ2v) is 6.28. The first-order valence-corrected chi connectivity index (χ1v) is 8.54. The van der Waals surface area contributed by atoms with Crippen molar-refractivity contribution in [2.24, 2.45) is 0 Å². The molecule has 25 heavy (non-hydrogen) atoms. The number of benzene rings is 2. The van der Waals surface area contributed by atoms with Crippen LogP contribution in [0.3, 0.4) is 0 Å². The molecule has 2 aromatic carbocycles. The Hall–Kier alpha value is -2.82. The van der Waals surface area contributed by atoms with Crippen molar-refractivity contribution in [2.75, 3.05) is 12.4 Å². The summed E-state index contributed by atoms with van der Waals surface area (Å²) in [6.07, 6.45) is 0. The quantitative estimate of drug-likeness (QED) is 0.770. The van der Waals surface area contributed by atoms with Gasteiger partial charge < -0.3 is 10.2 Å². The molecule has 3 aromatic rings. The third kappa shape index (κ3) is 3.36. The summed E-state index contributed by atoms with van der Waals surface area (Å²) in [6.45, 7) is 7.48. The number of aromatic nitrogens is 2. The van der Waals surface area contributed by atoms with Gasteiger partial charge in [-0.25, -0.2) is 4.79 Å². The molecule has 0 aliphatic carbocycles. The van der Waals surface area contributed by atoms with E-state index in [2.05, 4.69) is 24.3 Å². The lowest BCUT2D eigenvalue weighted by molar-refractivity contribution is 0.220. The summed E-state index contributed by atoms with van der Waals surface area (Å²) in [5, 5.41) is 9.70. The van der Waals surface area contributed by atoms with E-state index in [1.165, 1.54) is 0 Å². The first-order valence-electron chi connectivity index (χ1n) is 8.54. The van der Waals surface area contributed by atoms with Gasteiger partial charge in [-0.1, -0.05) is 36.4 Å². The van der Waals surface area contributed by atoms with E-state index in [1.807, 2.05) is 61.1 Å². The smallest absolute Gasteiger partial charge is 0.321 e. The Kier molecular flexibility index (Phi) is 4.74. The normalized spacial score (nSPS) is 10.9. The molecule has 0 saturated heterocycles. The highest BCUT2D eigenvalue weighted by Crippen LogP contribution is 2.23. The first-order chi connectivity index (χ1) is 12.0. The van der Waals surface area contributed by atoms with Crippen molar-refractivity contribution in [3.63, 3.8) is 0 Å². The van der Waals surface area contributed by atoms with Crippen molar-refractivity contribution in [1.29, 1.82) is 0 Å². The summed E-state index contributed by atoms with van der Waals surface area (Å²) in [4.78, 5) is 14.3. The number of hydrogen-bond acceptors (Lipinski definition) is 2. The zero-order valence-electron chi connectivity index (χ0n) is 15.2. The van der Waals surface area contributed by atoms with Crippen LogP contribution in [-0.2, 0) is 13.1 Å². The molecule has 1 aromatic heterocycles. The van der Waals surface area contributed by atoms with Gasteiger partial charge in [-0.15, -0.1) is 0 Å². The van der Waals surface area contributed by atoms with Crippen LogP contribution in [0.15, 0.2) is 42.5 Å². The Balaban J connectivity index is 1.78. The minimum absolute atomic E-state index is 0.126. The molecule has 0 saturated carbocycles. The van der Waals surface area contributed by atoms with Crippen LogP contribution in [0.1, 0.15) is 23.9 Å². The van der Waals surface area contributed by atoms with Gasteiger partial charge in [0.1, 0.15) is 0 Å². The van der Waals surface area contributed by atoms with Crippen LogP contribution in [0.25, 0.3) is 10.8 Å². The lowest BCUT2D eigenvalue weighted by atomic mass is 10.1. The zero-order chi connectivity index (χ0) is 18.0. The van der Waals surface area contributed by atoms with Crippen molar-refractivity contribution < 1.29 is 4.79 Å². The maximum atomic E-state index is 12.6. The van der Waals surface area contributed by atoms with Gasteiger partial charge in [-0.2, -0.15) is 5.10 Å². The molecule has 0 aliphatic rings. The zero-order valence-corrected chi connectivity index (χ0v) is 15.2. The number of aryl methyl sites for hydroxylation is 2. The minimum atomic E-state index is -0.126. The monoisotopic (exact) mass is 336 g/mol. The fraction of sp³-hybridized carbons (Fsp3) is 0.300. The lowest BCUT2D eigenvalue weighted by Crippen LogP contribution is -2.31. The molecule has 0 radical (unpaired) electrons. The van der Waals surface area contributed by atoms with Gasteiger partial charge in [0.25, 0.3) is 0 Å². The highest BCUT2D eigenvalue weighted by atomic mass is 16.2. The Morgan fingerprint density at radius 1 is 1.16 bits per heavy atom. The molecule has 3 rings (SSSR count). The molecule has 0 fully saturated rings. The van der Waals surface area contributed by atoms with Crippen molar-refractivity contribution in [3.8, 4) is 0 Å². The molecule has 0 bridgehead atoms. The van der Waals surface area contributed by atoms with Crippen LogP contribution in [0.4, 0.5) is 10.5 Å². The molecule has 2 amide bonds. The van der Waals surface area contributed by atoms with E-state index in [9.17, 15) is 4.79 Å². The van der Waals surface area contributed by atoms with Crippen LogP contribution in [-0.4, -0.2) is 27.8 Å². The molecule has 0 atom stereocenters. The number of fused-ring (bicyclic) bond motifs is 1. The van der Waals surface area contributed by atoms with Gasteiger partial charge in [0, 0.05) is 30.2 Å². The van der Waals surface area contributed by atoms with Gasteiger partial charge in [0.15, 0.2) is 0 Å². The number of carbonyl (C=O) groups is 1. The number of urea groups is 1. The van der Waals surface area contributed by atoms with Gasteiger partial charge in [0.2, 0.25) is 0 Å². The van der Waals surface area contributed by atoms with Crippen molar-refractivity contribution in [3.05, 3.63) is 59.4 Å². The molecule has 0 spiro atoms. The van der Waals surface area contributed by atoms with Gasteiger partial charge in [0.05, 0.1) is 17.9 Å². The fourth-order valence-corrected chi connectivity index (χ4v) is 3.12. The molecule has 1 heterocycles. The van der Waals surface area contributed by atoms with E-state index in [0.29, 0.717) is 6.54 Å². The summed E-state index contributed by atoms with van der Waals surface area (Å²) in [6, 6.07) is 13.8. The number of amides is 2. The van der Waals surface area contributed by atoms with E-state index in [4.69, 9.17) is 0 Å². The number of nitrogens with zero attached hydrogens (tertiary/aromatic N) is 3. The Morgan fingerprint density at radius 2 is 1.88 bits per heavy atom. The molecule has 130 valence electrons. The Bertz CT molecular complexity index is 908. The summed E-state index contributed by atoms with van der Waals surface area (Å²) in [5.41, 5.74) is 4.03. The Labute approximate surface area is 148 Å². The minimum Gasteiger partial charge on any atom is -0.323 e. The standard InChI is InChI=1S/C20H24N4O/c1-5-24-15(3)18(14(2)22-24)13-23(4)20(25)21-19-12-8-10-16-9-6-7-11-17(16)19/h6-12H,5,13H2,1-4H3,(H,21,25). The second kappa shape index (κ2) is 6.97. The van der Waals surface area contributed by atoms with E-state index in [-0.39, 0.29) is 6.03 Å². The van der Waals surface area contributed by atoms with Crippen LogP contribution in [0.5, 0.6) is 0 Å². The van der Waals surface area contributed by atoms with Gasteiger partial charge in [-0.05, 0) is 32.2 Å². The fourth-order valence-electron chi connectivity index (χ4n) is 3.12. The predicted molar refractivity (Wildman–Crippen MR) is 102 cm³/mol. The van der Waals surface area contributed by atoms with Crippen molar-refractivity contribution >= 4 is 22.5 Å². The van der Waals surface area contributed by atoms with E-state index >= 15 is 0 Å². The molecule has 5 nitrogen and oxygen atoms in total. The van der Waals surface area contributed by atoms with Crippen molar-refractivity contribution in [2.45, 2.75) is 33.9 Å². The lowest BCUT2D eigenvalue weighted by Gasteiger charge is -2.19. The summed E-state index contributed by atoms with van der Waals surface area (Å²) < 4.78 is 1.97. The molecule has 0 unspecified atom stereocenters. The highest BCUT2D eigenvalue weighted by Gasteiger charge is 2.16. The largest absolute Gasteiger partial charge is 0.323 e. The number of rotatable bonds is 4. The third-order valence-electron chi connectivity index (χ3n) is 4.60. The molecule has 0 aliphatic heterocycles. The predicted octanol–water partition coefficient (Wildman–Crippen LogP) is 4.34. The van der Waals surface area contributed by atoms with Crippen LogP contribution < -0.4 is 5.32 Å². The Morgan fingerprint density at radius 3 is 2.60 bits per heavy atom. The van der Waals surface area contributed by atoms with E-state index in [1.54, 1.807) is 4.90 Å². The number of anilines is 1. The van der Waals surface area contributed by atoms with Gasteiger partial charge in [-0.3, -0.25) is 4.68 Å². The number of hydrogen-bond donors (Lipinski definition) is 1. The van der Waals surface area contributed by atoms with E-state index < -0.39 is 0 Å². The summed E-state index contributed by atoms with van der Waals surface area (Å²) in [7, 11) is 1.81. The average molecular weight is 336 g/mol. The number of carbonyl (C=O) groups excluding carboxylic acids is 1. The SMILES string of the molecule is CCn1nc(C)c(CN(C)C(=O)Nc2cccc3ccccc23)c1C. The van der Waals surface area contributed by atoms with Crippen LogP contribution in [0, 0.1) is 13.8 Å². The highest BCUT2D eigenvalue weighted by molar-refractivity contribution is 6.01. The summed E-state index contributed by atoms with van der Waals surface area (Å²) >= 11 is 0. The molecule has 5 heteroatoms. The molecular weight excluding hydrogens is 312 g/mol. The topological polar surface area (TPSA) is 50.2 Å². The average Bonchev–Trinajstić information content (AvgIpc) is 2.89. The third-order valence-corrected chi connectivity index (χ3v) is 4.60. The molecule has 1 N–H and O–H groups in total. The molecular formula is C20H24N4O.